The van der Waals surface area contributed by atoms with E-state index in [1.54, 1.807) is 6.07 Å². The van der Waals surface area contributed by atoms with E-state index in [2.05, 4.69) is 0 Å². The van der Waals surface area contributed by atoms with Crippen molar-refractivity contribution in [3.8, 4) is 17.6 Å². The molecule has 0 atom stereocenters. The normalized spacial score (nSPS) is 8.92. The summed E-state index contributed by atoms with van der Waals surface area (Å²) in [4.78, 5) is 10.3. The highest BCUT2D eigenvalue weighted by molar-refractivity contribution is 5.81. The number of nitriles is 1. The van der Waals surface area contributed by atoms with Gasteiger partial charge in [-0.3, -0.25) is 4.79 Å². The maximum atomic E-state index is 10.3. The fraction of sp³-hybridized carbons (Fsp3) is 0. The predicted octanol–water partition coefficient (Wildman–Crippen LogP) is 0.782. The Kier molecular flexibility index (Phi) is 1.97. The zero-order valence-corrected chi connectivity index (χ0v) is 5.98. The highest BCUT2D eigenvalue weighted by Gasteiger charge is 2.07. The van der Waals surface area contributed by atoms with Crippen LogP contribution in [0.25, 0.3) is 0 Å². The Morgan fingerprint density at radius 1 is 1.42 bits per heavy atom. The van der Waals surface area contributed by atoms with Crippen molar-refractivity contribution < 1.29 is 15.0 Å². The molecular weight excluding hydrogens is 158 g/mol. The van der Waals surface area contributed by atoms with Crippen LogP contribution < -0.4 is 0 Å². The van der Waals surface area contributed by atoms with E-state index >= 15 is 0 Å². The number of carbonyl (C=O) groups is 1. The Labute approximate surface area is 68.3 Å². The molecule has 60 valence electrons. The number of aldehydes is 1. The monoisotopic (exact) mass is 163 g/mol. The minimum Gasteiger partial charge on any atom is -0.504 e. The lowest BCUT2D eigenvalue weighted by Gasteiger charge is -1.99. The van der Waals surface area contributed by atoms with Gasteiger partial charge >= 0.3 is 0 Å². The molecule has 0 radical (unpaired) electrons. The SMILES string of the molecule is N#Cc1cc(O)c(O)c(C=O)c1. The summed E-state index contributed by atoms with van der Waals surface area (Å²) in [6.45, 7) is 0. The van der Waals surface area contributed by atoms with Gasteiger partial charge in [-0.15, -0.1) is 0 Å². The molecule has 2 N–H and O–H groups in total. The molecule has 1 aromatic rings. The van der Waals surface area contributed by atoms with Crippen LogP contribution >= 0.6 is 0 Å². The smallest absolute Gasteiger partial charge is 0.168 e. The maximum Gasteiger partial charge on any atom is 0.168 e. The minimum atomic E-state index is -0.496. The van der Waals surface area contributed by atoms with E-state index in [1.165, 1.54) is 6.07 Å². The predicted molar refractivity (Wildman–Crippen MR) is 39.9 cm³/mol. The average molecular weight is 163 g/mol. The van der Waals surface area contributed by atoms with Crippen molar-refractivity contribution >= 4 is 6.29 Å². The lowest BCUT2D eigenvalue weighted by Crippen LogP contribution is -1.84. The van der Waals surface area contributed by atoms with Crippen LogP contribution in [0.2, 0.25) is 0 Å². The molecule has 4 nitrogen and oxygen atoms in total. The van der Waals surface area contributed by atoms with Crippen molar-refractivity contribution in [3.63, 3.8) is 0 Å². The number of rotatable bonds is 1. The van der Waals surface area contributed by atoms with Crippen LogP contribution in [-0.2, 0) is 0 Å². The summed E-state index contributed by atoms with van der Waals surface area (Å²) in [6, 6.07) is 4.02. The summed E-state index contributed by atoms with van der Waals surface area (Å²) in [5, 5.41) is 26.4. The number of phenolic OH excluding ortho intramolecular Hbond substituents is 2. The quantitative estimate of drug-likeness (QED) is 0.473. The second-order valence-corrected chi connectivity index (χ2v) is 2.16. The molecule has 0 saturated heterocycles. The van der Waals surface area contributed by atoms with Crippen LogP contribution in [0.1, 0.15) is 15.9 Å². The molecule has 0 aromatic heterocycles. The molecule has 0 fully saturated rings. The second-order valence-electron chi connectivity index (χ2n) is 2.16. The van der Waals surface area contributed by atoms with Crippen LogP contribution in [0.5, 0.6) is 11.5 Å². The molecule has 0 aliphatic heterocycles. The van der Waals surface area contributed by atoms with Gasteiger partial charge in [-0.2, -0.15) is 5.26 Å². The Hall–Kier alpha value is -2.02. The Morgan fingerprint density at radius 3 is 2.58 bits per heavy atom. The summed E-state index contributed by atoms with van der Waals surface area (Å²) < 4.78 is 0. The zero-order valence-electron chi connectivity index (χ0n) is 5.98. The fourth-order valence-electron chi connectivity index (χ4n) is 0.795. The van der Waals surface area contributed by atoms with E-state index in [-0.39, 0.29) is 11.1 Å². The molecule has 0 unspecified atom stereocenters. The van der Waals surface area contributed by atoms with Crippen LogP contribution in [-0.4, -0.2) is 16.5 Å². The summed E-state index contributed by atoms with van der Waals surface area (Å²) in [7, 11) is 0. The van der Waals surface area contributed by atoms with Gasteiger partial charge in [-0.1, -0.05) is 0 Å². The first kappa shape index (κ1) is 8.08. The molecule has 0 bridgehead atoms. The van der Waals surface area contributed by atoms with Crippen molar-refractivity contribution in [3.05, 3.63) is 23.3 Å². The Morgan fingerprint density at radius 2 is 2.08 bits per heavy atom. The van der Waals surface area contributed by atoms with E-state index < -0.39 is 11.5 Å². The molecule has 12 heavy (non-hydrogen) atoms. The Bertz CT molecular complexity index is 365. The zero-order chi connectivity index (χ0) is 9.14. The van der Waals surface area contributed by atoms with Crippen LogP contribution in [0.3, 0.4) is 0 Å². The standard InChI is InChI=1S/C8H5NO3/c9-3-5-1-6(4-10)8(12)7(11)2-5/h1-2,4,11-12H. The van der Waals surface area contributed by atoms with Crippen LogP contribution in [0, 0.1) is 11.3 Å². The van der Waals surface area contributed by atoms with Gasteiger partial charge in [-0.25, -0.2) is 0 Å². The lowest BCUT2D eigenvalue weighted by molar-refractivity contribution is 0.112. The van der Waals surface area contributed by atoms with Crippen molar-refractivity contribution in [2.45, 2.75) is 0 Å². The van der Waals surface area contributed by atoms with Gasteiger partial charge in [0.25, 0.3) is 0 Å². The average Bonchev–Trinajstić information content (AvgIpc) is 2.09. The molecule has 0 heterocycles. The van der Waals surface area contributed by atoms with Gasteiger partial charge in [0, 0.05) is 6.07 Å². The van der Waals surface area contributed by atoms with Gasteiger partial charge in [0.2, 0.25) is 0 Å². The first-order valence-corrected chi connectivity index (χ1v) is 3.10. The third kappa shape index (κ3) is 1.20. The number of aromatic hydroxyl groups is 2. The van der Waals surface area contributed by atoms with Gasteiger partial charge in [0.15, 0.2) is 17.8 Å². The molecule has 0 amide bonds. The van der Waals surface area contributed by atoms with E-state index in [1.807, 2.05) is 0 Å². The molecule has 0 saturated carbocycles. The molecule has 4 heteroatoms. The van der Waals surface area contributed by atoms with E-state index in [0.717, 1.165) is 6.07 Å². The van der Waals surface area contributed by atoms with Gasteiger partial charge < -0.3 is 10.2 Å². The highest BCUT2D eigenvalue weighted by Crippen LogP contribution is 2.28. The van der Waals surface area contributed by atoms with Crippen LogP contribution in [0.15, 0.2) is 12.1 Å². The first-order chi connectivity index (χ1) is 5.69. The number of hydrogen-bond donors (Lipinski definition) is 2. The number of phenols is 2. The third-order valence-electron chi connectivity index (χ3n) is 1.38. The molecule has 1 rings (SSSR count). The number of carbonyl (C=O) groups excluding carboxylic acids is 1. The third-order valence-corrected chi connectivity index (χ3v) is 1.38. The minimum absolute atomic E-state index is 0.0912. The summed E-state index contributed by atoms with van der Waals surface area (Å²) in [6.07, 6.45) is 0.371. The molecule has 1 aromatic carbocycles. The number of benzene rings is 1. The van der Waals surface area contributed by atoms with E-state index in [9.17, 15) is 4.79 Å². The number of nitrogens with zero attached hydrogens (tertiary/aromatic N) is 1. The topological polar surface area (TPSA) is 81.3 Å². The number of hydrogen-bond acceptors (Lipinski definition) is 4. The van der Waals surface area contributed by atoms with Crippen LogP contribution in [0.4, 0.5) is 0 Å². The highest BCUT2D eigenvalue weighted by atomic mass is 16.3. The van der Waals surface area contributed by atoms with Gasteiger partial charge in [-0.05, 0) is 6.07 Å². The van der Waals surface area contributed by atoms with Crippen molar-refractivity contribution in [2.24, 2.45) is 0 Å². The summed E-state index contributed by atoms with van der Waals surface area (Å²) in [5.41, 5.74) is 0.0407. The Balaban J connectivity index is 3.41. The first-order valence-electron chi connectivity index (χ1n) is 3.10. The van der Waals surface area contributed by atoms with Gasteiger partial charge in [0.05, 0.1) is 17.2 Å². The van der Waals surface area contributed by atoms with Gasteiger partial charge in [0.1, 0.15) is 0 Å². The van der Waals surface area contributed by atoms with Crippen molar-refractivity contribution in [1.29, 1.82) is 5.26 Å². The van der Waals surface area contributed by atoms with Crippen molar-refractivity contribution in [2.75, 3.05) is 0 Å². The summed E-state index contributed by atoms with van der Waals surface area (Å²) in [5.74, 6) is -0.958. The lowest BCUT2D eigenvalue weighted by atomic mass is 10.1. The van der Waals surface area contributed by atoms with Crippen molar-refractivity contribution in [1.82, 2.24) is 0 Å². The van der Waals surface area contributed by atoms with E-state index in [0.29, 0.717) is 6.29 Å². The van der Waals surface area contributed by atoms with E-state index in [4.69, 9.17) is 15.5 Å². The summed E-state index contributed by atoms with van der Waals surface area (Å²) >= 11 is 0. The largest absolute Gasteiger partial charge is 0.504 e. The molecule has 0 aliphatic rings. The maximum absolute atomic E-state index is 10.3. The molecular formula is C8H5NO3. The molecule has 0 aliphatic carbocycles. The molecule has 0 spiro atoms. The second kappa shape index (κ2) is 2.93. The fourth-order valence-corrected chi connectivity index (χ4v) is 0.795.